The summed E-state index contributed by atoms with van der Waals surface area (Å²) in [6, 6.07) is -0.646. The lowest BCUT2D eigenvalue weighted by Gasteiger charge is -2.19. The number of nitrogens with one attached hydrogen (secondary N) is 1. The summed E-state index contributed by atoms with van der Waals surface area (Å²) in [6.07, 6.45) is 90.1. The van der Waals surface area contributed by atoms with Crippen molar-refractivity contribution in [3.8, 4) is 0 Å². The first-order chi connectivity index (χ1) is 35.7. The lowest BCUT2D eigenvalue weighted by atomic mass is 10.0. The molecule has 4 nitrogen and oxygen atoms in total. The highest BCUT2D eigenvalue weighted by molar-refractivity contribution is 5.76. The van der Waals surface area contributed by atoms with Gasteiger partial charge in [0, 0.05) is 6.42 Å². The molecule has 3 N–H and O–H groups in total. The van der Waals surface area contributed by atoms with Crippen molar-refractivity contribution in [3.63, 3.8) is 0 Å². The largest absolute Gasteiger partial charge is 0.394 e. The highest BCUT2D eigenvalue weighted by Crippen LogP contribution is 2.18. The molecule has 1 amide bonds. The minimum atomic E-state index is -0.871. The van der Waals surface area contributed by atoms with Gasteiger partial charge in [0.15, 0.2) is 0 Å². The maximum absolute atomic E-state index is 12.5. The van der Waals surface area contributed by atoms with Gasteiger partial charge in [-0.2, -0.15) is 0 Å². The molecular weight excluding hydrogens is 879 g/mol. The van der Waals surface area contributed by atoms with Gasteiger partial charge in [-0.3, -0.25) is 4.79 Å². The van der Waals surface area contributed by atoms with Gasteiger partial charge in [-0.25, -0.2) is 0 Å². The molecule has 0 aliphatic heterocycles. The second-order valence-corrected chi connectivity index (χ2v) is 22.2. The summed E-state index contributed by atoms with van der Waals surface area (Å²) in [5.74, 6) is -0.0724. The number of aliphatic hydroxyl groups is 2. The van der Waals surface area contributed by atoms with Crippen LogP contribution in [0.4, 0.5) is 0 Å². The Bertz CT molecular complexity index is 1190. The number of amides is 1. The van der Waals surface area contributed by atoms with E-state index in [1.165, 1.54) is 283 Å². The molecule has 2 unspecified atom stereocenters. The van der Waals surface area contributed by atoms with E-state index in [1.54, 1.807) is 6.08 Å². The Morgan fingerprint density at radius 3 is 0.889 bits per heavy atom. The van der Waals surface area contributed by atoms with Gasteiger partial charge in [0.25, 0.3) is 0 Å². The number of carbonyl (C=O) groups excluding carboxylic acids is 1. The number of hydrogen-bond donors (Lipinski definition) is 3. The van der Waals surface area contributed by atoms with E-state index in [0.717, 1.165) is 44.9 Å². The summed E-state index contributed by atoms with van der Waals surface area (Å²) >= 11 is 0. The Balaban J connectivity index is 3.44. The van der Waals surface area contributed by atoms with E-state index >= 15 is 0 Å². The lowest BCUT2D eigenvalue weighted by Crippen LogP contribution is -2.45. The van der Waals surface area contributed by atoms with Crippen LogP contribution in [0.15, 0.2) is 60.8 Å². The molecule has 0 saturated heterocycles. The Hall–Kier alpha value is -1.91. The fourth-order valence-electron chi connectivity index (χ4n) is 10.0. The average Bonchev–Trinajstić information content (AvgIpc) is 3.39. The second kappa shape index (κ2) is 63.4. The molecule has 0 aromatic heterocycles. The molecule has 0 aromatic carbocycles. The standard InChI is InChI=1S/C68H127NO3/c1-3-5-7-9-11-13-15-17-19-21-23-25-26-27-28-29-30-31-32-33-34-35-36-37-38-39-40-41-42-44-46-48-50-52-54-56-58-60-62-64-68(72)69-66(65-70)67(71)63-61-59-57-55-53-51-49-47-45-43-24-22-20-18-16-14-12-10-8-6-4-2/h15,17,21,23,45,47,53,55,61,63,66-67,70-71H,3-14,16,18-20,22,24-44,46,48-52,54,56-60,62,64-65H2,1-2H3,(H,69,72)/b17-15-,23-21-,47-45+,55-53+,63-61+. The Morgan fingerprint density at radius 1 is 0.333 bits per heavy atom. The molecule has 0 rings (SSSR count). The zero-order chi connectivity index (χ0) is 52.0. The minimum absolute atomic E-state index is 0.0724. The van der Waals surface area contributed by atoms with Crippen molar-refractivity contribution >= 4 is 5.91 Å². The number of carbonyl (C=O) groups is 1. The van der Waals surface area contributed by atoms with Gasteiger partial charge < -0.3 is 15.5 Å². The zero-order valence-corrected chi connectivity index (χ0v) is 48.7. The van der Waals surface area contributed by atoms with E-state index < -0.39 is 12.1 Å². The normalized spacial score (nSPS) is 13.1. The van der Waals surface area contributed by atoms with Crippen LogP contribution in [-0.2, 0) is 4.79 Å². The molecule has 72 heavy (non-hydrogen) atoms. The lowest BCUT2D eigenvalue weighted by molar-refractivity contribution is -0.123. The summed E-state index contributed by atoms with van der Waals surface area (Å²) in [7, 11) is 0. The van der Waals surface area contributed by atoms with E-state index in [0.29, 0.717) is 6.42 Å². The van der Waals surface area contributed by atoms with Gasteiger partial charge in [0.1, 0.15) is 0 Å². The summed E-state index contributed by atoms with van der Waals surface area (Å²) in [6.45, 7) is 4.31. The maximum Gasteiger partial charge on any atom is 0.220 e. The van der Waals surface area contributed by atoms with E-state index in [-0.39, 0.29) is 12.5 Å². The number of rotatable bonds is 60. The summed E-state index contributed by atoms with van der Waals surface area (Å²) in [4.78, 5) is 12.5. The first kappa shape index (κ1) is 70.1. The van der Waals surface area contributed by atoms with Gasteiger partial charge in [-0.1, -0.05) is 325 Å². The second-order valence-electron chi connectivity index (χ2n) is 22.2. The van der Waals surface area contributed by atoms with Gasteiger partial charge in [0.2, 0.25) is 5.91 Å². The molecule has 2 atom stereocenters. The van der Waals surface area contributed by atoms with E-state index in [4.69, 9.17) is 0 Å². The van der Waals surface area contributed by atoms with Crippen molar-refractivity contribution < 1.29 is 15.0 Å². The number of allylic oxidation sites excluding steroid dienone is 9. The third kappa shape index (κ3) is 59.0. The molecule has 0 fully saturated rings. The van der Waals surface area contributed by atoms with Crippen LogP contribution in [-0.4, -0.2) is 34.9 Å². The van der Waals surface area contributed by atoms with Crippen molar-refractivity contribution in [1.29, 1.82) is 0 Å². The van der Waals surface area contributed by atoms with E-state index in [1.807, 2.05) is 6.08 Å². The Labute approximate surface area is 451 Å². The van der Waals surface area contributed by atoms with Crippen LogP contribution < -0.4 is 5.32 Å². The number of unbranched alkanes of at least 4 members (excludes halogenated alkanes) is 45. The monoisotopic (exact) mass is 1010 g/mol. The number of hydrogen-bond acceptors (Lipinski definition) is 3. The van der Waals surface area contributed by atoms with Crippen molar-refractivity contribution in [3.05, 3.63) is 60.8 Å². The fourth-order valence-corrected chi connectivity index (χ4v) is 10.0. The minimum Gasteiger partial charge on any atom is -0.394 e. The van der Waals surface area contributed by atoms with Crippen LogP contribution in [0.3, 0.4) is 0 Å². The highest BCUT2D eigenvalue weighted by Gasteiger charge is 2.18. The van der Waals surface area contributed by atoms with Gasteiger partial charge in [0.05, 0.1) is 18.8 Å². The van der Waals surface area contributed by atoms with Crippen LogP contribution in [0.25, 0.3) is 0 Å². The third-order valence-electron chi connectivity index (χ3n) is 15.0. The molecule has 0 aliphatic rings. The van der Waals surface area contributed by atoms with E-state index in [2.05, 4.69) is 67.8 Å². The van der Waals surface area contributed by atoms with Crippen molar-refractivity contribution in [2.75, 3.05) is 6.61 Å². The van der Waals surface area contributed by atoms with Crippen LogP contribution in [0.5, 0.6) is 0 Å². The summed E-state index contributed by atoms with van der Waals surface area (Å²) in [5, 5.41) is 23.2. The van der Waals surface area contributed by atoms with Crippen LogP contribution in [0.2, 0.25) is 0 Å². The number of aliphatic hydroxyl groups excluding tert-OH is 2. The topological polar surface area (TPSA) is 69.6 Å². The third-order valence-corrected chi connectivity index (χ3v) is 15.0. The van der Waals surface area contributed by atoms with Gasteiger partial charge in [-0.15, -0.1) is 0 Å². The van der Waals surface area contributed by atoms with Crippen LogP contribution >= 0.6 is 0 Å². The molecule has 0 spiro atoms. The highest BCUT2D eigenvalue weighted by atomic mass is 16.3. The van der Waals surface area contributed by atoms with Crippen LogP contribution in [0, 0.1) is 0 Å². The first-order valence-electron chi connectivity index (χ1n) is 32.5. The van der Waals surface area contributed by atoms with E-state index in [9.17, 15) is 15.0 Å². The molecule has 0 aliphatic carbocycles. The Kier molecular flexibility index (Phi) is 61.7. The molecule has 0 heterocycles. The molecule has 0 saturated carbocycles. The van der Waals surface area contributed by atoms with Crippen molar-refractivity contribution in [2.24, 2.45) is 0 Å². The molecule has 0 aromatic rings. The molecular formula is C68H127NO3. The predicted octanol–water partition coefficient (Wildman–Crippen LogP) is 21.9. The SMILES string of the molecule is CCCCCCC/C=C\C/C=C\CCCCCCCCCCCCCCCCCCCCCCCCCCCCCC(=O)NC(CO)C(O)/C=C/CC/C=C/CC/C=C/CCCCCCCCCCCCC. The van der Waals surface area contributed by atoms with Crippen molar-refractivity contribution in [2.45, 2.75) is 360 Å². The van der Waals surface area contributed by atoms with Gasteiger partial charge in [-0.05, 0) is 77.0 Å². The quantitative estimate of drug-likeness (QED) is 0.0420. The fraction of sp³-hybridized carbons (Fsp3) is 0.838. The zero-order valence-electron chi connectivity index (χ0n) is 48.7. The molecule has 422 valence electrons. The summed E-state index contributed by atoms with van der Waals surface area (Å²) < 4.78 is 0. The summed E-state index contributed by atoms with van der Waals surface area (Å²) in [5.41, 5.74) is 0. The first-order valence-corrected chi connectivity index (χ1v) is 32.5. The Morgan fingerprint density at radius 2 is 0.583 bits per heavy atom. The molecule has 0 bridgehead atoms. The predicted molar refractivity (Wildman–Crippen MR) is 322 cm³/mol. The molecule has 4 heteroatoms. The molecule has 0 radical (unpaired) electrons. The smallest absolute Gasteiger partial charge is 0.220 e. The average molecular weight is 1010 g/mol. The van der Waals surface area contributed by atoms with Crippen LogP contribution in [0.1, 0.15) is 348 Å². The van der Waals surface area contributed by atoms with Crippen molar-refractivity contribution in [1.82, 2.24) is 5.32 Å². The van der Waals surface area contributed by atoms with Gasteiger partial charge >= 0.3 is 0 Å². The maximum atomic E-state index is 12.5.